The average molecular weight is 572 g/mol. The highest BCUT2D eigenvalue weighted by Crippen LogP contribution is 2.45. The fourth-order valence-corrected chi connectivity index (χ4v) is 5.80. The van der Waals surface area contributed by atoms with E-state index >= 15 is 0 Å². The largest absolute Gasteiger partial charge is 0.497 e. The van der Waals surface area contributed by atoms with E-state index in [0.29, 0.717) is 35.6 Å². The minimum Gasteiger partial charge on any atom is -0.497 e. The van der Waals surface area contributed by atoms with Crippen molar-refractivity contribution in [2.75, 3.05) is 20.3 Å². The first-order chi connectivity index (χ1) is 20.4. The zero-order chi connectivity index (χ0) is 29.3. The van der Waals surface area contributed by atoms with Crippen molar-refractivity contribution < 1.29 is 33.7 Å². The van der Waals surface area contributed by atoms with Crippen LogP contribution in [-0.4, -0.2) is 70.9 Å². The van der Waals surface area contributed by atoms with Crippen LogP contribution in [0.15, 0.2) is 66.7 Å². The Labute approximate surface area is 243 Å². The molecule has 2 fully saturated rings. The van der Waals surface area contributed by atoms with Gasteiger partial charge < -0.3 is 24.6 Å². The van der Waals surface area contributed by atoms with Crippen LogP contribution in [0, 0.1) is 5.92 Å². The number of ether oxygens (including phenoxy) is 3. The number of nitrogens with zero attached hydrogens (tertiary/aromatic N) is 2. The maximum absolute atomic E-state index is 13.6. The topological polar surface area (TPSA) is 127 Å². The lowest BCUT2D eigenvalue weighted by atomic mass is 10.1. The van der Waals surface area contributed by atoms with Crippen molar-refractivity contribution in [3.63, 3.8) is 0 Å². The molecule has 2 amide bonds. The molecule has 4 atom stereocenters. The van der Waals surface area contributed by atoms with Gasteiger partial charge in [0, 0.05) is 35.4 Å². The number of nitrogens with one attached hydrogen (secondary N) is 1. The van der Waals surface area contributed by atoms with E-state index in [1.165, 1.54) is 4.90 Å². The lowest BCUT2D eigenvalue weighted by Gasteiger charge is -2.25. The van der Waals surface area contributed by atoms with Crippen molar-refractivity contribution in [1.82, 2.24) is 15.2 Å². The maximum Gasteiger partial charge on any atom is 0.410 e. The van der Waals surface area contributed by atoms with Crippen molar-refractivity contribution in [3.05, 3.63) is 66.7 Å². The third-order valence-corrected chi connectivity index (χ3v) is 8.24. The predicted molar refractivity (Wildman–Crippen MR) is 154 cm³/mol. The number of aromatic nitrogens is 1. The van der Waals surface area contributed by atoms with Crippen LogP contribution < -0.4 is 14.8 Å². The first kappa shape index (κ1) is 27.6. The van der Waals surface area contributed by atoms with E-state index in [1.807, 2.05) is 66.7 Å². The number of methoxy groups -OCH3 is 1. The zero-order valence-electron chi connectivity index (χ0n) is 23.3. The molecule has 1 saturated carbocycles. The van der Waals surface area contributed by atoms with Crippen LogP contribution in [0.4, 0.5) is 4.79 Å². The predicted octanol–water partition coefficient (Wildman–Crippen LogP) is 4.57. The van der Waals surface area contributed by atoms with E-state index in [4.69, 9.17) is 19.2 Å². The number of carbonyl (C=O) groups excluding carboxylic acids is 2. The Morgan fingerprint density at radius 1 is 1.14 bits per heavy atom. The lowest BCUT2D eigenvalue weighted by molar-refractivity contribution is -0.144. The van der Waals surface area contributed by atoms with Crippen LogP contribution in [0.3, 0.4) is 0 Å². The van der Waals surface area contributed by atoms with Crippen molar-refractivity contribution in [2.45, 2.75) is 49.8 Å². The molecule has 2 N–H and O–H groups in total. The minimum atomic E-state index is -1.36. The Balaban J connectivity index is 1.31. The molecule has 218 valence electrons. The van der Waals surface area contributed by atoms with E-state index in [1.54, 1.807) is 7.11 Å². The van der Waals surface area contributed by atoms with Gasteiger partial charge in [-0.2, -0.15) is 0 Å². The van der Waals surface area contributed by atoms with Gasteiger partial charge in [-0.05, 0) is 37.8 Å². The van der Waals surface area contributed by atoms with Crippen LogP contribution in [0.1, 0.15) is 32.1 Å². The fraction of sp³-hybridized carbons (Fsp3) is 0.375. The number of hydrogen-bond acceptors (Lipinski definition) is 7. The van der Waals surface area contributed by atoms with Gasteiger partial charge in [-0.1, -0.05) is 42.5 Å². The van der Waals surface area contributed by atoms with Gasteiger partial charge >= 0.3 is 12.1 Å². The van der Waals surface area contributed by atoms with Crippen LogP contribution in [0.25, 0.3) is 22.2 Å². The summed E-state index contributed by atoms with van der Waals surface area (Å²) in [7, 11) is 1.59. The molecule has 42 heavy (non-hydrogen) atoms. The summed E-state index contributed by atoms with van der Waals surface area (Å²) in [4.78, 5) is 45.1. The molecule has 0 spiro atoms. The molecule has 10 heteroatoms. The number of aliphatic carboxylic acids is 1. The molecule has 1 saturated heterocycles. The standard InChI is InChI=1S/C32H33N3O7/c1-40-22-12-13-24-26(15-22)33-25(20-9-5-4-6-10-20)17-28(24)42-23-16-27-29(36)34-32(30(37)38)18-21(32)11-7-2-3-8-14-41-31(39)35(27)19-23/h4-7,9-13,15,17,21,23,27H,2-3,8,14,16,18-19H2,1H3,(H,34,36)(H,37,38)/b11-7-. The molecular formula is C32H33N3O7. The van der Waals surface area contributed by atoms with E-state index in [-0.39, 0.29) is 25.5 Å². The van der Waals surface area contributed by atoms with Gasteiger partial charge in [0.2, 0.25) is 5.91 Å². The molecule has 1 aromatic heterocycles. The Morgan fingerprint density at radius 2 is 1.98 bits per heavy atom. The SMILES string of the molecule is COc1ccc2c(OC3CC4C(=O)NC5(C(=O)O)CC5/C=C\CCCCOC(=O)N4C3)cc(-c3ccccc3)nc2c1. The van der Waals surface area contributed by atoms with Gasteiger partial charge in [-0.25, -0.2) is 14.6 Å². The summed E-state index contributed by atoms with van der Waals surface area (Å²) in [6, 6.07) is 16.2. The first-order valence-electron chi connectivity index (χ1n) is 14.2. The number of pyridine rings is 1. The Kier molecular flexibility index (Phi) is 7.45. The highest BCUT2D eigenvalue weighted by Gasteiger charge is 2.61. The molecule has 10 nitrogen and oxygen atoms in total. The van der Waals surface area contributed by atoms with Gasteiger partial charge in [0.25, 0.3) is 0 Å². The smallest absolute Gasteiger partial charge is 0.410 e. The fourth-order valence-electron chi connectivity index (χ4n) is 5.80. The Morgan fingerprint density at radius 3 is 2.76 bits per heavy atom. The van der Waals surface area contributed by atoms with Gasteiger partial charge in [-0.15, -0.1) is 0 Å². The second-order valence-corrected chi connectivity index (χ2v) is 11.0. The molecule has 4 unspecified atom stereocenters. The number of benzene rings is 2. The molecule has 3 aliphatic rings. The molecule has 1 aliphatic carbocycles. The number of cyclic esters (lactones) is 1. The van der Waals surface area contributed by atoms with Crippen LogP contribution in [0.5, 0.6) is 11.5 Å². The second kappa shape index (κ2) is 11.3. The number of carboxylic acid groups (broad SMARTS) is 1. The summed E-state index contributed by atoms with van der Waals surface area (Å²) in [5.74, 6) is -0.678. The zero-order valence-corrected chi connectivity index (χ0v) is 23.3. The summed E-state index contributed by atoms with van der Waals surface area (Å²) >= 11 is 0. The normalized spacial score (nSPS) is 26.7. The van der Waals surface area contributed by atoms with Crippen molar-refractivity contribution >= 4 is 28.9 Å². The van der Waals surface area contributed by atoms with E-state index < -0.39 is 35.7 Å². The highest BCUT2D eigenvalue weighted by molar-refractivity contribution is 5.94. The minimum absolute atomic E-state index is 0.112. The van der Waals surface area contributed by atoms with Crippen molar-refractivity contribution in [2.24, 2.45) is 5.92 Å². The quantitative estimate of drug-likeness (QED) is 0.427. The molecule has 0 radical (unpaired) electrons. The molecule has 2 aliphatic heterocycles. The summed E-state index contributed by atoms with van der Waals surface area (Å²) in [5.41, 5.74) is 0.926. The van der Waals surface area contributed by atoms with Crippen molar-refractivity contribution in [1.29, 1.82) is 0 Å². The number of carboxylic acids is 1. The van der Waals surface area contributed by atoms with E-state index in [2.05, 4.69) is 5.32 Å². The second-order valence-electron chi connectivity index (χ2n) is 11.0. The number of rotatable bonds is 5. The number of amides is 2. The molecule has 3 heterocycles. The van der Waals surface area contributed by atoms with Crippen LogP contribution in [0.2, 0.25) is 0 Å². The maximum atomic E-state index is 13.6. The average Bonchev–Trinajstić information content (AvgIpc) is 3.53. The summed E-state index contributed by atoms with van der Waals surface area (Å²) in [5, 5.41) is 13.5. The number of hydrogen-bond donors (Lipinski definition) is 2. The van der Waals surface area contributed by atoms with Gasteiger partial charge in [0.05, 0.1) is 31.5 Å². The molecule has 3 aromatic rings. The number of carbonyl (C=O) groups is 3. The summed E-state index contributed by atoms with van der Waals surface area (Å²) in [6.45, 7) is 0.351. The third-order valence-electron chi connectivity index (χ3n) is 8.24. The summed E-state index contributed by atoms with van der Waals surface area (Å²) < 4.78 is 17.4. The molecule has 2 aromatic carbocycles. The molecule has 0 bridgehead atoms. The Bertz CT molecular complexity index is 1540. The Hall–Kier alpha value is -4.60. The van der Waals surface area contributed by atoms with Crippen molar-refractivity contribution in [3.8, 4) is 22.8 Å². The lowest BCUT2D eigenvalue weighted by Crippen LogP contribution is -2.53. The van der Waals surface area contributed by atoms with E-state index in [9.17, 15) is 19.5 Å². The molecule has 6 rings (SSSR count). The molecular weight excluding hydrogens is 538 g/mol. The monoisotopic (exact) mass is 571 g/mol. The van der Waals surface area contributed by atoms with Gasteiger partial charge in [0.1, 0.15) is 29.2 Å². The summed E-state index contributed by atoms with van der Waals surface area (Å²) in [6.07, 6.45) is 5.38. The third kappa shape index (κ3) is 5.36. The number of fused-ring (bicyclic) bond motifs is 3. The first-order valence-corrected chi connectivity index (χ1v) is 14.2. The van der Waals surface area contributed by atoms with Crippen LogP contribution in [-0.2, 0) is 14.3 Å². The van der Waals surface area contributed by atoms with Gasteiger partial charge in [0.15, 0.2) is 0 Å². The van der Waals surface area contributed by atoms with E-state index in [0.717, 1.165) is 23.8 Å². The van der Waals surface area contributed by atoms with Crippen LogP contribution >= 0.6 is 0 Å². The number of allylic oxidation sites excluding steroid dienone is 1. The van der Waals surface area contributed by atoms with Gasteiger partial charge in [-0.3, -0.25) is 9.69 Å². The highest BCUT2D eigenvalue weighted by atomic mass is 16.6.